The van der Waals surface area contributed by atoms with Gasteiger partial charge in [-0.05, 0) is 51.4 Å². The van der Waals surface area contributed by atoms with Crippen LogP contribution in [-0.4, -0.2) is 49.3 Å². The van der Waals surface area contributed by atoms with E-state index in [-0.39, 0.29) is 38.6 Å². The minimum absolute atomic E-state index is 0.0528. The van der Waals surface area contributed by atoms with Gasteiger partial charge in [-0.2, -0.15) is 0 Å². The largest absolute Gasteiger partial charge is 0.472 e. The Bertz CT molecular complexity index is 1170. The van der Waals surface area contributed by atoms with Crippen LogP contribution in [0, 0.1) is 0 Å². The van der Waals surface area contributed by atoms with E-state index in [1.54, 1.807) is 0 Å². The van der Waals surface area contributed by atoms with Crippen LogP contribution in [0.4, 0.5) is 0 Å². The van der Waals surface area contributed by atoms with E-state index in [9.17, 15) is 19.0 Å². The second-order valence-electron chi connectivity index (χ2n) is 17.4. The smallest absolute Gasteiger partial charge is 0.462 e. The number of carbonyl (C=O) groups is 2. The van der Waals surface area contributed by atoms with Gasteiger partial charge in [-0.25, -0.2) is 4.57 Å². The Kier molecular flexibility index (Phi) is 47.8. The van der Waals surface area contributed by atoms with Crippen LogP contribution >= 0.6 is 7.82 Å². The lowest BCUT2D eigenvalue weighted by Crippen LogP contribution is -2.29. The zero-order valence-electron chi connectivity index (χ0n) is 40.8. The molecule has 0 aliphatic heterocycles. The van der Waals surface area contributed by atoms with Crippen LogP contribution in [0.1, 0.15) is 245 Å². The number of allylic oxidation sites excluding steroid dienone is 8. The normalized spacial score (nSPS) is 13.5. The van der Waals surface area contributed by atoms with Crippen molar-refractivity contribution in [1.29, 1.82) is 0 Å². The highest BCUT2D eigenvalue weighted by Gasteiger charge is 2.26. The lowest BCUT2D eigenvalue weighted by Gasteiger charge is -2.19. The molecule has 368 valence electrons. The number of rotatable bonds is 49. The number of phosphoric ester groups is 1. The maximum Gasteiger partial charge on any atom is 0.472 e. The number of phosphoric acid groups is 1. The summed E-state index contributed by atoms with van der Waals surface area (Å²) in [6.07, 6.45) is 58.6. The SMILES string of the molecule is CC/C=C\C/C=C\C/C=C\C/C=C\CCCCCCCCCCCCC(=O)OC(COC(=O)CCCCCCCCCCCCCCCCCCCCC)COP(=O)(O)OCCN. The average Bonchev–Trinajstić information content (AvgIpc) is 3.27. The molecule has 9 nitrogen and oxygen atoms in total. The first-order chi connectivity index (χ1) is 30.8. The van der Waals surface area contributed by atoms with Gasteiger partial charge in [-0.1, -0.05) is 229 Å². The Labute approximate surface area is 387 Å². The highest BCUT2D eigenvalue weighted by atomic mass is 31.2. The molecule has 0 aliphatic rings. The summed E-state index contributed by atoms with van der Waals surface area (Å²) < 4.78 is 33.0. The molecule has 3 N–H and O–H groups in total. The third-order valence-corrected chi connectivity index (χ3v) is 12.2. The number of nitrogens with two attached hydrogens (primary N) is 1. The maximum absolute atomic E-state index is 12.7. The molecule has 10 heteroatoms. The Morgan fingerprint density at radius 2 is 0.873 bits per heavy atom. The van der Waals surface area contributed by atoms with Crippen LogP contribution < -0.4 is 5.73 Å². The number of carbonyl (C=O) groups excluding carboxylic acids is 2. The third-order valence-electron chi connectivity index (χ3n) is 11.2. The van der Waals surface area contributed by atoms with Crippen LogP contribution in [0.15, 0.2) is 48.6 Å². The standard InChI is InChI=1S/C53H98NO8P/c1-3-5-7-9-11-13-15-17-19-21-23-24-25-26-28-30-32-34-36-38-40-42-44-46-53(56)62-51(50-61-63(57,58)60-48-47-54)49-59-52(55)45-43-41-39-37-35-33-31-29-27-22-20-18-16-14-12-10-8-6-4-2/h5,7,11,13,17,19,23-24,51H,3-4,6,8-10,12,14-16,18,20-22,25-50,54H2,1-2H3,(H,57,58)/b7-5-,13-11-,19-17-,24-23-. The zero-order valence-corrected chi connectivity index (χ0v) is 41.7. The summed E-state index contributed by atoms with van der Waals surface area (Å²) in [5.41, 5.74) is 5.37. The molecule has 0 amide bonds. The maximum atomic E-state index is 12.7. The van der Waals surface area contributed by atoms with E-state index < -0.39 is 26.5 Å². The molecule has 63 heavy (non-hydrogen) atoms. The van der Waals surface area contributed by atoms with Crippen molar-refractivity contribution in [2.24, 2.45) is 5.73 Å². The van der Waals surface area contributed by atoms with E-state index in [1.807, 2.05) is 0 Å². The summed E-state index contributed by atoms with van der Waals surface area (Å²) in [5.74, 6) is -0.823. The van der Waals surface area contributed by atoms with E-state index in [1.165, 1.54) is 141 Å². The van der Waals surface area contributed by atoms with E-state index in [0.717, 1.165) is 70.6 Å². The van der Waals surface area contributed by atoms with Gasteiger partial charge in [-0.3, -0.25) is 18.6 Å². The van der Waals surface area contributed by atoms with Gasteiger partial charge in [0, 0.05) is 19.4 Å². The second-order valence-corrected chi connectivity index (χ2v) is 18.8. The summed E-state index contributed by atoms with van der Waals surface area (Å²) in [6.45, 7) is 3.66. The van der Waals surface area contributed by atoms with E-state index in [0.29, 0.717) is 6.42 Å². The van der Waals surface area contributed by atoms with Gasteiger partial charge in [0.15, 0.2) is 6.10 Å². The van der Waals surface area contributed by atoms with Crippen LogP contribution in [0.3, 0.4) is 0 Å². The molecule has 0 spiro atoms. The molecule has 0 radical (unpaired) electrons. The van der Waals surface area contributed by atoms with Gasteiger partial charge in [-0.15, -0.1) is 0 Å². The number of ether oxygens (including phenoxy) is 2. The average molecular weight is 908 g/mol. The van der Waals surface area contributed by atoms with Gasteiger partial charge in [0.1, 0.15) is 6.61 Å². The first kappa shape index (κ1) is 61.0. The van der Waals surface area contributed by atoms with Crippen molar-refractivity contribution >= 4 is 19.8 Å². The van der Waals surface area contributed by atoms with Crippen molar-refractivity contribution in [2.45, 2.75) is 251 Å². The van der Waals surface area contributed by atoms with Gasteiger partial charge in [0.05, 0.1) is 13.2 Å². The van der Waals surface area contributed by atoms with Crippen molar-refractivity contribution in [3.8, 4) is 0 Å². The Balaban J connectivity index is 4.03. The fourth-order valence-corrected chi connectivity index (χ4v) is 8.16. The van der Waals surface area contributed by atoms with Crippen molar-refractivity contribution < 1.29 is 37.6 Å². The third kappa shape index (κ3) is 49.2. The number of esters is 2. The molecule has 2 unspecified atom stereocenters. The zero-order chi connectivity index (χ0) is 46.0. The van der Waals surface area contributed by atoms with E-state index >= 15 is 0 Å². The van der Waals surface area contributed by atoms with Crippen molar-refractivity contribution in [1.82, 2.24) is 0 Å². The molecular formula is C53H98NO8P. The molecule has 0 aliphatic carbocycles. The molecule has 0 aromatic rings. The molecule has 0 saturated heterocycles. The highest BCUT2D eigenvalue weighted by molar-refractivity contribution is 7.47. The quantitative estimate of drug-likeness (QED) is 0.0265. The van der Waals surface area contributed by atoms with Gasteiger partial charge in [0.2, 0.25) is 0 Å². The molecule has 0 saturated carbocycles. The van der Waals surface area contributed by atoms with Crippen LogP contribution in [-0.2, 0) is 32.7 Å². The molecular weight excluding hydrogens is 810 g/mol. The van der Waals surface area contributed by atoms with Crippen molar-refractivity contribution in [3.63, 3.8) is 0 Å². The summed E-state index contributed by atoms with van der Waals surface area (Å²) in [7, 11) is -4.38. The van der Waals surface area contributed by atoms with E-state index in [4.69, 9.17) is 24.3 Å². The number of hydrogen-bond acceptors (Lipinski definition) is 8. The summed E-state index contributed by atoms with van der Waals surface area (Å²) >= 11 is 0. The predicted octanol–water partition coefficient (Wildman–Crippen LogP) is 15.8. The lowest BCUT2D eigenvalue weighted by atomic mass is 10.0. The molecule has 0 heterocycles. The fourth-order valence-electron chi connectivity index (χ4n) is 7.39. The second kappa shape index (κ2) is 49.4. The summed E-state index contributed by atoms with van der Waals surface area (Å²) in [5, 5.41) is 0. The Morgan fingerprint density at radius 3 is 1.30 bits per heavy atom. The lowest BCUT2D eigenvalue weighted by molar-refractivity contribution is -0.161. The first-order valence-corrected chi connectivity index (χ1v) is 27.6. The predicted molar refractivity (Wildman–Crippen MR) is 266 cm³/mol. The summed E-state index contributed by atoms with van der Waals surface area (Å²) in [4.78, 5) is 35.1. The van der Waals surface area contributed by atoms with Crippen molar-refractivity contribution in [3.05, 3.63) is 48.6 Å². The molecule has 0 rings (SSSR count). The molecule has 0 bridgehead atoms. The Hall–Kier alpha value is -2.03. The molecule has 0 aromatic heterocycles. The van der Waals surface area contributed by atoms with Gasteiger partial charge >= 0.3 is 19.8 Å². The first-order valence-electron chi connectivity index (χ1n) is 26.1. The molecule has 2 atom stereocenters. The minimum atomic E-state index is -4.38. The molecule has 0 fully saturated rings. The summed E-state index contributed by atoms with van der Waals surface area (Å²) in [6, 6.07) is 0. The van der Waals surface area contributed by atoms with Crippen LogP contribution in [0.2, 0.25) is 0 Å². The van der Waals surface area contributed by atoms with Crippen LogP contribution in [0.25, 0.3) is 0 Å². The monoisotopic (exact) mass is 908 g/mol. The highest BCUT2D eigenvalue weighted by Crippen LogP contribution is 2.43. The topological polar surface area (TPSA) is 134 Å². The minimum Gasteiger partial charge on any atom is -0.462 e. The number of unbranched alkanes of at least 4 members (excludes halogenated alkanes) is 28. The van der Waals surface area contributed by atoms with E-state index in [2.05, 4.69) is 62.5 Å². The molecule has 0 aromatic carbocycles. The van der Waals surface area contributed by atoms with Crippen molar-refractivity contribution in [2.75, 3.05) is 26.4 Å². The van der Waals surface area contributed by atoms with Gasteiger partial charge < -0.3 is 20.1 Å². The fraction of sp³-hybridized carbons (Fsp3) is 0.811. The Morgan fingerprint density at radius 1 is 0.492 bits per heavy atom. The van der Waals surface area contributed by atoms with Gasteiger partial charge in [0.25, 0.3) is 0 Å². The number of hydrogen-bond donors (Lipinski definition) is 2. The van der Waals surface area contributed by atoms with Crippen LogP contribution in [0.5, 0.6) is 0 Å².